The summed E-state index contributed by atoms with van der Waals surface area (Å²) in [6, 6.07) is 14.2. The Morgan fingerprint density at radius 2 is 1.79 bits per heavy atom. The van der Waals surface area contributed by atoms with Gasteiger partial charge in [-0.25, -0.2) is 4.98 Å². The Bertz CT molecular complexity index is 842. The van der Waals surface area contributed by atoms with E-state index in [0.29, 0.717) is 19.1 Å². The second-order valence-corrected chi connectivity index (χ2v) is 6.65. The van der Waals surface area contributed by atoms with Crippen molar-refractivity contribution < 1.29 is 13.9 Å². The Hall–Kier alpha value is -2.40. The maximum Gasteiger partial charge on any atom is 0.226 e. The second-order valence-electron chi connectivity index (χ2n) is 5.60. The number of hydrogen-bond acceptors (Lipinski definition) is 5. The fraction of sp³-hybridized carbons (Fsp3) is 0.211. The van der Waals surface area contributed by atoms with E-state index in [2.05, 4.69) is 24.0 Å². The third-order valence-electron chi connectivity index (χ3n) is 3.75. The Labute approximate surface area is 144 Å². The summed E-state index contributed by atoms with van der Waals surface area (Å²) in [6.45, 7) is 3.28. The van der Waals surface area contributed by atoms with Crippen LogP contribution in [0.1, 0.15) is 11.3 Å². The van der Waals surface area contributed by atoms with E-state index in [1.807, 2.05) is 30.3 Å². The first-order valence-electron chi connectivity index (χ1n) is 7.82. The number of thioether (sulfide) groups is 1. The van der Waals surface area contributed by atoms with E-state index in [4.69, 9.17) is 13.9 Å². The molecule has 0 bridgehead atoms. The number of fused-ring (bicyclic) bond motifs is 1. The van der Waals surface area contributed by atoms with Crippen LogP contribution in [-0.4, -0.2) is 18.2 Å². The first-order valence-corrected chi connectivity index (χ1v) is 8.80. The summed E-state index contributed by atoms with van der Waals surface area (Å²) >= 11 is 1.70. The molecule has 1 aromatic heterocycles. The van der Waals surface area contributed by atoms with Crippen LogP contribution in [0.5, 0.6) is 11.5 Å². The molecule has 2 aromatic carbocycles. The quantitative estimate of drug-likeness (QED) is 0.644. The minimum Gasteiger partial charge on any atom is -0.486 e. The molecule has 0 saturated heterocycles. The molecule has 0 aliphatic carbocycles. The molecule has 0 atom stereocenters. The zero-order valence-corrected chi connectivity index (χ0v) is 14.1. The van der Waals surface area contributed by atoms with Gasteiger partial charge in [-0.1, -0.05) is 17.7 Å². The highest BCUT2D eigenvalue weighted by atomic mass is 32.2. The number of rotatable bonds is 4. The van der Waals surface area contributed by atoms with E-state index in [-0.39, 0.29) is 0 Å². The van der Waals surface area contributed by atoms with Crippen LogP contribution in [0.4, 0.5) is 0 Å². The Morgan fingerprint density at radius 3 is 2.62 bits per heavy atom. The van der Waals surface area contributed by atoms with Crippen molar-refractivity contribution in [2.24, 2.45) is 0 Å². The monoisotopic (exact) mass is 339 g/mol. The Balaban J connectivity index is 1.44. The smallest absolute Gasteiger partial charge is 0.226 e. The van der Waals surface area contributed by atoms with Crippen molar-refractivity contribution in [2.45, 2.75) is 17.6 Å². The molecule has 0 N–H and O–H groups in total. The van der Waals surface area contributed by atoms with Crippen LogP contribution in [0.15, 0.2) is 58.0 Å². The van der Waals surface area contributed by atoms with E-state index in [9.17, 15) is 0 Å². The summed E-state index contributed by atoms with van der Waals surface area (Å²) < 4.78 is 16.8. The number of aryl methyl sites for hydroxylation is 1. The van der Waals surface area contributed by atoms with Gasteiger partial charge in [0.1, 0.15) is 19.5 Å². The van der Waals surface area contributed by atoms with Crippen LogP contribution in [0, 0.1) is 6.92 Å². The van der Waals surface area contributed by atoms with Crippen LogP contribution in [0.25, 0.3) is 11.5 Å². The van der Waals surface area contributed by atoms with E-state index in [1.54, 1.807) is 18.0 Å². The second kappa shape index (κ2) is 6.61. The number of nitrogens with zero attached hydrogens (tertiary/aromatic N) is 1. The maximum absolute atomic E-state index is 5.62. The van der Waals surface area contributed by atoms with Crippen LogP contribution >= 0.6 is 11.8 Å². The van der Waals surface area contributed by atoms with Crippen molar-refractivity contribution in [3.8, 4) is 23.0 Å². The lowest BCUT2D eigenvalue weighted by Crippen LogP contribution is -2.15. The van der Waals surface area contributed by atoms with Crippen molar-refractivity contribution in [1.29, 1.82) is 0 Å². The molecule has 24 heavy (non-hydrogen) atoms. The number of benzene rings is 2. The molecule has 2 heterocycles. The lowest BCUT2D eigenvalue weighted by molar-refractivity contribution is 0.171. The first-order chi connectivity index (χ1) is 11.8. The highest BCUT2D eigenvalue weighted by molar-refractivity contribution is 7.98. The zero-order chi connectivity index (χ0) is 16.4. The van der Waals surface area contributed by atoms with Gasteiger partial charge in [-0.3, -0.25) is 0 Å². The largest absolute Gasteiger partial charge is 0.486 e. The van der Waals surface area contributed by atoms with E-state index in [1.165, 1.54) is 5.56 Å². The average molecular weight is 339 g/mol. The summed E-state index contributed by atoms with van der Waals surface area (Å²) in [5.74, 6) is 3.03. The summed E-state index contributed by atoms with van der Waals surface area (Å²) in [5.41, 5.74) is 3.14. The van der Waals surface area contributed by atoms with Crippen LogP contribution < -0.4 is 9.47 Å². The van der Waals surface area contributed by atoms with Crippen molar-refractivity contribution in [3.63, 3.8) is 0 Å². The number of ether oxygens (including phenoxy) is 2. The van der Waals surface area contributed by atoms with Crippen molar-refractivity contribution in [1.82, 2.24) is 4.98 Å². The maximum atomic E-state index is 5.62. The lowest BCUT2D eigenvalue weighted by Gasteiger charge is -2.18. The van der Waals surface area contributed by atoms with Gasteiger partial charge in [0.05, 0.1) is 5.69 Å². The van der Waals surface area contributed by atoms with E-state index in [0.717, 1.165) is 33.4 Å². The fourth-order valence-electron chi connectivity index (χ4n) is 2.47. The van der Waals surface area contributed by atoms with Gasteiger partial charge in [0.2, 0.25) is 5.89 Å². The van der Waals surface area contributed by atoms with Gasteiger partial charge in [-0.15, -0.1) is 11.8 Å². The Kier molecular flexibility index (Phi) is 4.17. The van der Waals surface area contributed by atoms with E-state index < -0.39 is 0 Å². The van der Waals surface area contributed by atoms with Crippen LogP contribution in [0.2, 0.25) is 0 Å². The van der Waals surface area contributed by atoms with E-state index >= 15 is 0 Å². The predicted molar refractivity (Wildman–Crippen MR) is 93.7 cm³/mol. The highest BCUT2D eigenvalue weighted by Crippen LogP contribution is 2.35. The molecule has 1 aliphatic heterocycles. The molecule has 0 spiro atoms. The SMILES string of the molecule is Cc1ccc(-c2nc(CSc3ccc4c(c3)OCCO4)co2)cc1. The number of oxazole rings is 1. The van der Waals surface area contributed by atoms with Gasteiger partial charge in [0.15, 0.2) is 11.5 Å². The van der Waals surface area contributed by atoms with Crippen molar-refractivity contribution in [2.75, 3.05) is 13.2 Å². The molecule has 5 heteroatoms. The molecule has 4 rings (SSSR count). The lowest BCUT2D eigenvalue weighted by atomic mass is 10.1. The van der Waals surface area contributed by atoms with Crippen molar-refractivity contribution in [3.05, 3.63) is 60.0 Å². The molecule has 4 nitrogen and oxygen atoms in total. The zero-order valence-electron chi connectivity index (χ0n) is 13.3. The standard InChI is InChI=1S/C19H17NO3S/c1-13-2-4-14(5-3-13)19-20-15(11-23-19)12-24-16-6-7-17-18(10-16)22-9-8-21-17/h2-7,10-11H,8-9,12H2,1H3. The summed E-state index contributed by atoms with van der Waals surface area (Å²) in [7, 11) is 0. The third kappa shape index (κ3) is 3.26. The van der Waals surface area contributed by atoms with Crippen LogP contribution in [0.3, 0.4) is 0 Å². The summed E-state index contributed by atoms with van der Waals surface area (Å²) in [6.07, 6.45) is 1.72. The number of hydrogen-bond donors (Lipinski definition) is 0. The predicted octanol–water partition coefficient (Wildman–Crippen LogP) is 4.71. The first kappa shape index (κ1) is 15.1. The molecule has 122 valence electrons. The molecular formula is C19H17NO3S. The average Bonchev–Trinajstić information content (AvgIpc) is 3.09. The summed E-state index contributed by atoms with van der Waals surface area (Å²) in [5, 5.41) is 0. The molecule has 0 amide bonds. The molecule has 0 unspecified atom stereocenters. The van der Waals surface area contributed by atoms with Gasteiger partial charge in [0, 0.05) is 16.2 Å². The highest BCUT2D eigenvalue weighted by Gasteiger charge is 2.12. The molecule has 1 aliphatic rings. The van der Waals surface area contributed by atoms with Crippen molar-refractivity contribution >= 4 is 11.8 Å². The fourth-order valence-corrected chi connectivity index (χ4v) is 3.27. The molecule has 0 radical (unpaired) electrons. The van der Waals surface area contributed by atoms with Crippen LogP contribution in [-0.2, 0) is 5.75 Å². The van der Waals surface area contributed by atoms with Gasteiger partial charge >= 0.3 is 0 Å². The van der Waals surface area contributed by atoms with Gasteiger partial charge in [0.25, 0.3) is 0 Å². The van der Waals surface area contributed by atoms with Gasteiger partial charge in [-0.05, 0) is 37.3 Å². The van der Waals surface area contributed by atoms with Gasteiger partial charge in [-0.2, -0.15) is 0 Å². The molecule has 0 fully saturated rings. The number of aromatic nitrogens is 1. The molecule has 3 aromatic rings. The Morgan fingerprint density at radius 1 is 1.00 bits per heavy atom. The third-order valence-corrected chi connectivity index (χ3v) is 4.78. The molecule has 0 saturated carbocycles. The summed E-state index contributed by atoms with van der Waals surface area (Å²) in [4.78, 5) is 5.69. The normalized spacial score (nSPS) is 13.0. The van der Waals surface area contributed by atoms with Gasteiger partial charge < -0.3 is 13.9 Å². The minimum atomic E-state index is 0.602. The minimum absolute atomic E-state index is 0.602. The molecular weight excluding hydrogens is 322 g/mol. The topological polar surface area (TPSA) is 44.5 Å².